The Morgan fingerprint density at radius 3 is 2.55 bits per heavy atom. The molecule has 1 spiro atoms. The van der Waals surface area contributed by atoms with Crippen molar-refractivity contribution in [3.8, 4) is 0 Å². The third-order valence-corrected chi connectivity index (χ3v) is 15.2. The number of fused-ring (bicyclic) bond motifs is 5. The Hall–Kier alpha value is -3.15. The minimum atomic E-state index is -2.93. The number of carbonyl (C=O) groups excluding carboxylic acids is 1. The molecule has 2 aliphatic carbocycles. The Labute approximate surface area is 369 Å². The molecule has 0 radical (unpaired) electrons. The van der Waals surface area contributed by atoms with Crippen LogP contribution in [0.2, 0.25) is 0 Å². The molecule has 10 N–H and O–H groups in total. The third-order valence-electron chi connectivity index (χ3n) is 12.7. The SMILES string of the molecule is C=CC1C(OC2OC(CO)C(O)C(O)(O)C2OC(C)C)OC=C2C(=O)OC3CCC4(CCCC4)C3CSSCC(CO)N3C=C(C(=O)O)C(NC(N)=NCCCO)=C(C=CC21)C3. The highest BCUT2D eigenvalue weighted by Gasteiger charge is 2.58. The van der Waals surface area contributed by atoms with Gasteiger partial charge in [0.2, 0.25) is 12.1 Å². The Kier molecular flexibility index (Phi) is 16.5. The number of allylic oxidation sites excluding steroid dienone is 1. The molecule has 4 heterocycles. The number of hydrogen-bond donors (Lipinski definition) is 9. The number of carboxylic acids is 1. The molecule has 2 saturated carbocycles. The average Bonchev–Trinajstić information content (AvgIpc) is 3.85. The lowest BCUT2D eigenvalue weighted by Crippen LogP contribution is -2.69. The fourth-order valence-electron chi connectivity index (χ4n) is 9.38. The molecule has 0 aromatic rings. The number of carbonyl (C=O) groups is 2. The summed E-state index contributed by atoms with van der Waals surface area (Å²) in [7, 11) is 3.24. The third kappa shape index (κ3) is 10.5. The number of aliphatic carboxylic acids is 1. The first-order valence-corrected chi connectivity index (χ1v) is 23.7. The normalized spacial score (nSPS) is 33.9. The molecule has 20 heteroatoms. The zero-order valence-electron chi connectivity index (χ0n) is 35.1. The van der Waals surface area contributed by atoms with Crippen LogP contribution in [0.15, 0.2) is 64.7 Å². The number of nitrogens with zero attached hydrogens (tertiary/aromatic N) is 2. The van der Waals surface area contributed by atoms with Gasteiger partial charge in [-0.1, -0.05) is 52.7 Å². The van der Waals surface area contributed by atoms with Crippen molar-refractivity contribution in [3.63, 3.8) is 0 Å². The van der Waals surface area contributed by atoms with Crippen LogP contribution in [0.3, 0.4) is 0 Å². The maximum atomic E-state index is 14.5. The maximum absolute atomic E-state index is 14.5. The van der Waals surface area contributed by atoms with E-state index in [1.165, 1.54) is 18.5 Å². The summed E-state index contributed by atoms with van der Waals surface area (Å²) < 4.78 is 30.5. The number of carboxylic acid groups (broad SMARTS) is 1. The van der Waals surface area contributed by atoms with Gasteiger partial charge in [0.25, 0.3) is 0 Å². The first kappa shape index (κ1) is 48.3. The summed E-state index contributed by atoms with van der Waals surface area (Å²) in [5.74, 6) is -5.50. The van der Waals surface area contributed by atoms with E-state index in [0.29, 0.717) is 29.9 Å². The van der Waals surface area contributed by atoms with Crippen LogP contribution < -0.4 is 11.1 Å². The highest BCUT2D eigenvalue weighted by Crippen LogP contribution is 2.57. The van der Waals surface area contributed by atoms with Crippen LogP contribution in [0.1, 0.15) is 58.8 Å². The van der Waals surface area contributed by atoms with Gasteiger partial charge in [0.05, 0.1) is 54.4 Å². The Balaban J connectivity index is 1.44. The van der Waals surface area contributed by atoms with Crippen molar-refractivity contribution >= 4 is 39.5 Å². The molecule has 6 rings (SSSR count). The Morgan fingerprint density at radius 1 is 1.15 bits per heavy atom. The predicted molar refractivity (Wildman–Crippen MR) is 229 cm³/mol. The second-order valence-electron chi connectivity index (χ2n) is 16.9. The molecular formula is C42H62N4O14S2. The number of aliphatic hydroxyl groups excluding tert-OH is 4. The summed E-state index contributed by atoms with van der Waals surface area (Å²) >= 11 is 0. The summed E-state index contributed by atoms with van der Waals surface area (Å²) in [6.07, 6.45) is 4.74. The number of nitrogens with one attached hydrogen (secondary N) is 1. The number of aliphatic hydroxyl groups is 6. The number of esters is 1. The molecule has 62 heavy (non-hydrogen) atoms. The molecule has 0 aromatic heterocycles. The van der Waals surface area contributed by atoms with E-state index in [1.54, 1.807) is 52.5 Å². The summed E-state index contributed by atoms with van der Waals surface area (Å²) in [6, 6.07) is -0.479. The van der Waals surface area contributed by atoms with E-state index in [4.69, 9.17) is 29.4 Å². The topological polar surface area (TPSA) is 276 Å². The quantitative estimate of drug-likeness (QED) is 0.0253. The van der Waals surface area contributed by atoms with Crippen LogP contribution in [-0.4, -0.2) is 158 Å². The molecule has 4 aliphatic heterocycles. The van der Waals surface area contributed by atoms with E-state index in [1.807, 2.05) is 0 Å². The van der Waals surface area contributed by atoms with Gasteiger partial charge in [-0.15, -0.1) is 6.58 Å². The van der Waals surface area contributed by atoms with Crippen LogP contribution >= 0.6 is 21.6 Å². The van der Waals surface area contributed by atoms with E-state index in [2.05, 4.69) is 16.9 Å². The van der Waals surface area contributed by atoms with Crippen LogP contribution in [0.5, 0.6) is 0 Å². The van der Waals surface area contributed by atoms with Gasteiger partial charge in [0, 0.05) is 49.2 Å². The van der Waals surface area contributed by atoms with Gasteiger partial charge >= 0.3 is 11.9 Å². The zero-order chi connectivity index (χ0) is 44.8. The number of rotatable bonds is 12. The van der Waals surface area contributed by atoms with Crippen LogP contribution in [0, 0.1) is 23.2 Å². The molecular weight excluding hydrogens is 849 g/mol. The van der Waals surface area contributed by atoms with Gasteiger partial charge in [-0.25, -0.2) is 9.59 Å². The molecule has 10 unspecified atom stereocenters. The van der Waals surface area contributed by atoms with Crippen molar-refractivity contribution < 1.29 is 69.0 Å². The fourth-order valence-corrected chi connectivity index (χ4v) is 12.2. The molecule has 10 atom stereocenters. The molecule has 6 aliphatic rings. The van der Waals surface area contributed by atoms with Gasteiger partial charge < -0.3 is 75.4 Å². The molecule has 0 aromatic carbocycles. The highest BCUT2D eigenvalue weighted by molar-refractivity contribution is 8.76. The van der Waals surface area contributed by atoms with E-state index < -0.39 is 79.2 Å². The second-order valence-corrected chi connectivity index (χ2v) is 19.5. The molecule has 0 amide bonds. The summed E-state index contributed by atoms with van der Waals surface area (Å²) in [6.45, 7) is 6.44. The summed E-state index contributed by atoms with van der Waals surface area (Å²) in [5.41, 5.74) is 6.77. The predicted octanol–water partition coefficient (Wildman–Crippen LogP) is 1.23. The zero-order valence-corrected chi connectivity index (χ0v) is 36.8. The van der Waals surface area contributed by atoms with E-state index >= 15 is 0 Å². The van der Waals surface area contributed by atoms with Gasteiger partial charge in [-0.3, -0.25) is 4.99 Å². The van der Waals surface area contributed by atoms with Gasteiger partial charge in [0.1, 0.15) is 18.3 Å². The first-order chi connectivity index (χ1) is 29.7. The Bertz CT molecular complexity index is 1770. The van der Waals surface area contributed by atoms with Crippen LogP contribution in [-0.2, 0) is 33.3 Å². The lowest BCUT2D eigenvalue weighted by Gasteiger charge is -2.48. The van der Waals surface area contributed by atoms with Crippen LogP contribution in [0.25, 0.3) is 0 Å². The largest absolute Gasteiger partial charge is 0.478 e. The van der Waals surface area contributed by atoms with E-state index in [9.17, 15) is 45.3 Å². The fraction of sp³-hybridized carbons (Fsp3) is 0.690. The first-order valence-electron chi connectivity index (χ1n) is 21.2. The van der Waals surface area contributed by atoms with E-state index in [-0.39, 0.29) is 66.5 Å². The molecule has 3 fully saturated rings. The standard InChI is InChI=1S/C42H62N4O14S2/c1-4-26-27-9-8-24-16-46(17-28(36(51)52)33(24)45-40(43)44-14-7-15-47)25(18-48)21-61-62-22-30-31(10-13-41(30)11-5-6-12-41)58-37(53)29(27)20-56-38(26)60-39-35(57-23(2)3)42(54,55)34(50)32(19-49)59-39/h4,8-9,17,20,23,25-27,30-32,34-35,38-39,47-50,54-55H,1,5-7,10-16,18-19,21-22H2,2-3H3,(H,51,52)(H3,43,44,45). The van der Waals surface area contributed by atoms with Gasteiger partial charge in [0.15, 0.2) is 18.4 Å². The highest BCUT2D eigenvalue weighted by atomic mass is 33.1. The van der Waals surface area contributed by atoms with Crippen LogP contribution in [0.4, 0.5) is 0 Å². The number of guanidine groups is 1. The number of aliphatic imine (C=N–C) groups is 1. The number of hydrogen-bond acceptors (Lipinski definition) is 17. The van der Waals surface area contributed by atoms with Crippen molar-refractivity contribution in [2.24, 2.45) is 33.9 Å². The maximum Gasteiger partial charge on any atom is 0.339 e. The monoisotopic (exact) mass is 910 g/mol. The van der Waals surface area contributed by atoms with Crippen molar-refractivity contribution in [2.75, 3.05) is 44.4 Å². The number of nitrogens with two attached hydrogens (primary N) is 1. The second kappa shape index (κ2) is 21.2. The van der Waals surface area contributed by atoms with Gasteiger partial charge in [-0.05, 0) is 56.9 Å². The van der Waals surface area contributed by atoms with Crippen molar-refractivity contribution in [1.29, 1.82) is 0 Å². The van der Waals surface area contributed by atoms with E-state index in [0.717, 1.165) is 32.1 Å². The molecule has 1 saturated heterocycles. The van der Waals surface area contributed by atoms with Crippen molar-refractivity contribution in [2.45, 2.75) is 114 Å². The smallest absolute Gasteiger partial charge is 0.339 e. The lowest BCUT2D eigenvalue weighted by molar-refractivity contribution is -0.413. The molecule has 2 bridgehead atoms. The molecule has 18 nitrogen and oxygen atoms in total. The molecule has 346 valence electrons. The average molecular weight is 911 g/mol. The number of ether oxygens (including phenoxy) is 5. The summed E-state index contributed by atoms with van der Waals surface area (Å²) in [5, 5.41) is 76.3. The minimum Gasteiger partial charge on any atom is -0.478 e. The lowest BCUT2D eigenvalue weighted by atomic mass is 9.77. The van der Waals surface area contributed by atoms with Crippen molar-refractivity contribution in [3.05, 3.63) is 59.7 Å². The Morgan fingerprint density at radius 2 is 1.89 bits per heavy atom. The minimum absolute atomic E-state index is 0.0429. The van der Waals surface area contributed by atoms with Crippen molar-refractivity contribution in [1.82, 2.24) is 10.2 Å². The van der Waals surface area contributed by atoms with Gasteiger partial charge in [-0.2, -0.15) is 0 Å². The summed E-state index contributed by atoms with van der Waals surface area (Å²) in [4.78, 5) is 33.5.